The molecule has 2 aliphatic rings. The number of hydrogen-bond donors (Lipinski definition) is 5. The van der Waals surface area contributed by atoms with E-state index in [0.29, 0.717) is 21.3 Å². The van der Waals surface area contributed by atoms with Crippen LogP contribution in [0.5, 0.6) is 0 Å². The first-order chi connectivity index (χ1) is 20.1. The van der Waals surface area contributed by atoms with E-state index in [1.807, 2.05) is 0 Å². The molecule has 4 aromatic rings. The van der Waals surface area contributed by atoms with Crippen molar-refractivity contribution < 1.29 is 39.6 Å². The number of carbonyl (C=O) groups is 4. The third-order valence-corrected chi connectivity index (χ3v) is 6.69. The smallest absolute Gasteiger partial charge is 0.416 e. The summed E-state index contributed by atoms with van der Waals surface area (Å²) in [6, 6.07) is 16.0. The molecule has 0 radical (unpaired) electrons. The topological polar surface area (TPSA) is 196 Å². The first-order valence-electron chi connectivity index (χ1n) is 12.3. The summed E-state index contributed by atoms with van der Waals surface area (Å²) in [5.41, 5.74) is -1.49. The molecule has 6 rings (SSSR count). The number of benzene rings is 1. The fourth-order valence-electron chi connectivity index (χ4n) is 5.06. The van der Waals surface area contributed by atoms with E-state index in [0.717, 1.165) is 6.08 Å². The van der Waals surface area contributed by atoms with Gasteiger partial charge in [0, 0.05) is 16.6 Å². The molecule has 0 unspecified atom stereocenters. The normalized spacial score (nSPS) is 12.1. The molecule has 206 valence electrons. The molecule has 0 spiro atoms. The largest absolute Gasteiger partial charge is 0.478 e. The maximum atomic E-state index is 12.9. The zero-order valence-corrected chi connectivity index (χ0v) is 21.3. The number of nitrogens with zero attached hydrogens (tertiary/aromatic N) is 3. The summed E-state index contributed by atoms with van der Waals surface area (Å²) in [6.07, 6.45) is 2.71. The van der Waals surface area contributed by atoms with E-state index in [4.69, 9.17) is 0 Å². The van der Waals surface area contributed by atoms with Crippen molar-refractivity contribution >= 4 is 69.9 Å². The van der Waals surface area contributed by atoms with Gasteiger partial charge in [-0.05, 0) is 54.1 Å². The summed E-state index contributed by atoms with van der Waals surface area (Å²) in [7, 11) is 0. The lowest BCUT2D eigenvalue weighted by atomic mass is 9.99. The van der Waals surface area contributed by atoms with E-state index in [-0.39, 0.29) is 28.0 Å². The predicted molar refractivity (Wildman–Crippen MR) is 152 cm³/mol. The number of nitrogens with one attached hydrogen (secondary N) is 1. The van der Waals surface area contributed by atoms with Crippen molar-refractivity contribution in [3.8, 4) is 11.1 Å². The number of rotatable bonds is 4. The monoisotopic (exact) mass is 562 g/mol. The van der Waals surface area contributed by atoms with Crippen LogP contribution in [0.2, 0.25) is 0 Å². The standard InChI is InChI=1S/C30H18N4O8/c35-27(36)20-12-19-11-17-7-6-15(31-17)10-16-8-9-18(32-16)13-21-22(14-4-2-1-3-5-14)23(28(37)38)26(34(21)30(41)42)24(29(39)40)25(20)33-19/h1-13,31H,(H,35,36)(H,37,38)(H,39,40)(H,41,42). The molecule has 5 N–H and O–H groups in total. The van der Waals surface area contributed by atoms with Gasteiger partial charge in [-0.2, -0.15) is 0 Å². The summed E-state index contributed by atoms with van der Waals surface area (Å²) < 4.78 is 0.527. The lowest BCUT2D eigenvalue weighted by Gasteiger charge is -2.06. The summed E-state index contributed by atoms with van der Waals surface area (Å²) in [5, 5.41) is 41.3. The fraction of sp³-hybridized carbons (Fsp3) is 0. The minimum absolute atomic E-state index is 0.0516. The Hall–Kier alpha value is -6.30. The maximum Gasteiger partial charge on any atom is 0.416 e. The van der Waals surface area contributed by atoms with E-state index in [1.54, 1.807) is 60.7 Å². The molecule has 5 heterocycles. The quantitative estimate of drug-likeness (QED) is 0.195. The number of H-pyrrole nitrogens is 1. The zero-order chi connectivity index (χ0) is 29.7. The molecule has 12 heteroatoms. The van der Waals surface area contributed by atoms with Gasteiger partial charge in [0.1, 0.15) is 5.56 Å². The molecule has 0 saturated carbocycles. The van der Waals surface area contributed by atoms with Gasteiger partial charge in [-0.15, -0.1) is 0 Å². The molecule has 0 saturated heterocycles. The van der Waals surface area contributed by atoms with Gasteiger partial charge < -0.3 is 25.4 Å². The first kappa shape index (κ1) is 26.0. The van der Waals surface area contributed by atoms with Crippen molar-refractivity contribution in [1.82, 2.24) is 19.5 Å². The molecule has 0 atom stereocenters. The summed E-state index contributed by atoms with van der Waals surface area (Å²) in [4.78, 5) is 62.7. The van der Waals surface area contributed by atoms with Gasteiger partial charge in [0.15, 0.2) is 0 Å². The number of carboxylic acid groups (broad SMARTS) is 4. The average molecular weight is 562 g/mol. The molecule has 0 amide bonds. The number of hydrogen-bond acceptors (Lipinski definition) is 6. The molecule has 2 aliphatic heterocycles. The van der Waals surface area contributed by atoms with Crippen molar-refractivity contribution in [3.05, 3.63) is 94.6 Å². The van der Waals surface area contributed by atoms with Crippen LogP contribution >= 0.6 is 0 Å². The summed E-state index contributed by atoms with van der Waals surface area (Å²) in [6.45, 7) is 0. The van der Waals surface area contributed by atoms with Crippen LogP contribution in [0.25, 0.3) is 57.0 Å². The first-order valence-corrected chi connectivity index (χ1v) is 12.3. The lowest BCUT2D eigenvalue weighted by Crippen LogP contribution is -2.14. The van der Waals surface area contributed by atoms with Gasteiger partial charge in [-0.25, -0.2) is 33.7 Å². The molecule has 12 nitrogen and oxygen atoms in total. The van der Waals surface area contributed by atoms with E-state index in [1.165, 1.54) is 12.1 Å². The molecule has 1 aromatic carbocycles. The molecule has 0 fully saturated rings. The maximum absolute atomic E-state index is 12.9. The Bertz CT molecular complexity index is 2100. The number of aliphatic carboxylic acids is 1. The van der Waals surface area contributed by atoms with E-state index in [9.17, 15) is 39.6 Å². The van der Waals surface area contributed by atoms with Crippen LogP contribution in [0.15, 0.2) is 60.7 Å². The van der Waals surface area contributed by atoms with Gasteiger partial charge in [0.05, 0.1) is 44.9 Å². The number of carboxylic acids is 3. The van der Waals surface area contributed by atoms with E-state index in [2.05, 4.69) is 15.0 Å². The number of aromatic carboxylic acids is 2. The molecule has 3 aromatic heterocycles. The number of aromatic amines is 1. The average Bonchev–Trinajstić information content (AvgIpc) is 3.71. The Kier molecular flexibility index (Phi) is 6.00. The molecular weight excluding hydrogens is 544 g/mol. The summed E-state index contributed by atoms with van der Waals surface area (Å²) in [5.74, 6) is -4.95. The minimum Gasteiger partial charge on any atom is -0.478 e. The Labute approximate surface area is 234 Å². The van der Waals surface area contributed by atoms with Gasteiger partial charge in [-0.1, -0.05) is 30.3 Å². The van der Waals surface area contributed by atoms with Crippen LogP contribution in [0.4, 0.5) is 4.79 Å². The van der Waals surface area contributed by atoms with E-state index < -0.39 is 51.9 Å². The van der Waals surface area contributed by atoms with Gasteiger partial charge >= 0.3 is 24.0 Å². The van der Waals surface area contributed by atoms with Crippen molar-refractivity contribution in [2.24, 2.45) is 0 Å². The van der Waals surface area contributed by atoms with Crippen LogP contribution < -0.4 is 0 Å². The Morgan fingerprint density at radius 2 is 1.31 bits per heavy atom. The van der Waals surface area contributed by atoms with Crippen LogP contribution in [-0.4, -0.2) is 63.9 Å². The summed E-state index contributed by atoms with van der Waals surface area (Å²) >= 11 is 0. The van der Waals surface area contributed by atoms with Crippen LogP contribution in [-0.2, 0) is 4.79 Å². The second-order valence-corrected chi connectivity index (χ2v) is 9.30. The third-order valence-electron chi connectivity index (χ3n) is 6.69. The van der Waals surface area contributed by atoms with Crippen molar-refractivity contribution in [2.45, 2.75) is 0 Å². The van der Waals surface area contributed by atoms with Crippen molar-refractivity contribution in [2.75, 3.05) is 0 Å². The molecular formula is C30H18N4O8. The predicted octanol–water partition coefficient (Wildman–Crippen LogP) is 5.17. The van der Waals surface area contributed by atoms with Gasteiger partial charge in [0.25, 0.3) is 0 Å². The highest BCUT2D eigenvalue weighted by Gasteiger charge is 2.33. The van der Waals surface area contributed by atoms with E-state index >= 15 is 0 Å². The van der Waals surface area contributed by atoms with Crippen LogP contribution in [0.3, 0.4) is 0 Å². The van der Waals surface area contributed by atoms with Crippen LogP contribution in [0.1, 0.15) is 43.5 Å². The molecule has 8 bridgehead atoms. The Morgan fingerprint density at radius 3 is 1.90 bits per heavy atom. The third kappa shape index (κ3) is 4.29. The highest BCUT2D eigenvalue weighted by molar-refractivity contribution is 6.25. The minimum atomic E-state index is -1.78. The number of aromatic nitrogens is 4. The van der Waals surface area contributed by atoms with Crippen molar-refractivity contribution in [1.29, 1.82) is 0 Å². The van der Waals surface area contributed by atoms with Gasteiger partial charge in [-0.3, -0.25) is 0 Å². The SMILES string of the molecule is O=C(O)C1=Cc2cc3ccc(cc4nc(cc5c(-c6ccccc6)c(C(=O)O)c(c(C(=O)O)c1n2)n5C(=O)O)C=C4)[nH]3. The van der Waals surface area contributed by atoms with Crippen molar-refractivity contribution in [3.63, 3.8) is 0 Å². The lowest BCUT2D eigenvalue weighted by molar-refractivity contribution is -0.130. The second kappa shape index (κ2) is 9.71. The molecule has 0 aliphatic carbocycles. The highest BCUT2D eigenvalue weighted by atomic mass is 16.4. The Morgan fingerprint density at radius 1 is 0.690 bits per heavy atom. The van der Waals surface area contributed by atoms with Gasteiger partial charge in [0.2, 0.25) is 0 Å². The Balaban J connectivity index is 1.98. The molecule has 42 heavy (non-hydrogen) atoms. The zero-order valence-electron chi connectivity index (χ0n) is 21.3. The van der Waals surface area contributed by atoms with Crippen LogP contribution in [0, 0.1) is 0 Å². The second-order valence-electron chi connectivity index (χ2n) is 9.30. The highest BCUT2D eigenvalue weighted by Crippen LogP contribution is 2.38. The number of fused-ring (bicyclic) bond motifs is 8. The fourth-order valence-corrected chi connectivity index (χ4v) is 5.06.